The van der Waals surface area contributed by atoms with Crippen molar-refractivity contribution in [3.8, 4) is 0 Å². The molecule has 0 aromatic heterocycles. The standard InChI is InChI=1S/C36H76Br2N4O7Si2/c1-33(2,27-35(5,37)29(47-45)17-21-41(7)8)25-31(43)39-19-15-23-50(11,12)49-51(13,14)24-16-20-40-32(44)26-34(3,4)28-36(6,38)30(48-46)18-22-42(9)10/h29-30,45-46H,15-28H2,1-14H3,(H,39,43)(H,40,44). The largest absolute Gasteiger partial charge is 0.455 e. The van der Waals surface area contributed by atoms with Gasteiger partial charge in [-0.15, -0.1) is 0 Å². The maximum absolute atomic E-state index is 12.9. The molecule has 0 saturated carbocycles. The summed E-state index contributed by atoms with van der Waals surface area (Å²) < 4.78 is 5.87. The lowest BCUT2D eigenvalue weighted by atomic mass is 9.78. The Kier molecular flexibility index (Phi) is 22.6. The molecule has 0 radical (unpaired) electrons. The molecule has 0 aromatic rings. The summed E-state index contributed by atoms with van der Waals surface area (Å²) in [5.41, 5.74) is -0.584. The van der Waals surface area contributed by atoms with Gasteiger partial charge in [0.15, 0.2) is 16.6 Å². The van der Waals surface area contributed by atoms with Crippen molar-refractivity contribution in [2.75, 3.05) is 54.4 Å². The van der Waals surface area contributed by atoms with Crippen LogP contribution in [0.3, 0.4) is 0 Å². The molecule has 0 heterocycles. The van der Waals surface area contributed by atoms with Crippen LogP contribution >= 0.6 is 31.9 Å². The first-order valence-corrected chi connectivity index (χ1v) is 26.4. The highest BCUT2D eigenvalue weighted by molar-refractivity contribution is 9.10. The molecule has 2 amide bonds. The fourth-order valence-electron chi connectivity index (χ4n) is 7.23. The number of amides is 2. The SMILES string of the molecule is CN(C)CCC(OO)C(C)(Br)CC(C)(C)CC(=O)NCCC[Si](C)(C)O[Si](C)(C)CCCNC(=O)CC(C)(C)CC(C)(Br)C(CCN(C)C)OO. The van der Waals surface area contributed by atoms with E-state index in [1.165, 1.54) is 0 Å². The van der Waals surface area contributed by atoms with Gasteiger partial charge in [-0.25, -0.2) is 9.78 Å². The summed E-state index contributed by atoms with van der Waals surface area (Å²) in [4.78, 5) is 39.6. The fraction of sp³-hybridized carbons (Fsp3) is 0.944. The Balaban J connectivity index is 4.68. The summed E-state index contributed by atoms with van der Waals surface area (Å²) in [7, 11) is 4.07. The Hall–Kier alpha value is 0.0538. The average Bonchev–Trinajstić information content (AvgIpc) is 2.91. The summed E-state index contributed by atoms with van der Waals surface area (Å²) in [6.45, 7) is 24.2. The molecule has 15 heteroatoms. The molecule has 0 saturated heterocycles. The van der Waals surface area contributed by atoms with Gasteiger partial charge < -0.3 is 24.5 Å². The second-order valence-corrected chi connectivity index (χ2v) is 31.0. The Morgan fingerprint density at radius 1 is 0.667 bits per heavy atom. The van der Waals surface area contributed by atoms with E-state index in [1.807, 2.05) is 42.0 Å². The monoisotopic (exact) mass is 890 g/mol. The van der Waals surface area contributed by atoms with Crippen LogP contribution in [0.4, 0.5) is 0 Å². The van der Waals surface area contributed by atoms with Gasteiger partial charge in [0.25, 0.3) is 0 Å². The Bertz CT molecular complexity index is 954. The van der Waals surface area contributed by atoms with Crippen molar-refractivity contribution < 1.29 is 34.0 Å². The molecule has 11 nitrogen and oxygen atoms in total. The van der Waals surface area contributed by atoms with E-state index < -0.39 is 25.3 Å². The third-order valence-corrected chi connectivity index (χ3v) is 18.4. The van der Waals surface area contributed by atoms with Crippen molar-refractivity contribution in [1.82, 2.24) is 20.4 Å². The number of alkyl halides is 2. The second kappa shape index (κ2) is 22.6. The first kappa shape index (κ1) is 51.1. The lowest BCUT2D eigenvalue weighted by Crippen LogP contribution is -2.45. The van der Waals surface area contributed by atoms with Crippen LogP contribution in [0.5, 0.6) is 0 Å². The Morgan fingerprint density at radius 2 is 0.980 bits per heavy atom. The van der Waals surface area contributed by atoms with Crippen molar-refractivity contribution in [1.29, 1.82) is 0 Å². The smallest absolute Gasteiger partial charge is 0.220 e. The van der Waals surface area contributed by atoms with Gasteiger partial charge in [-0.3, -0.25) is 20.1 Å². The number of rotatable bonds is 28. The molecule has 0 fully saturated rings. The van der Waals surface area contributed by atoms with Gasteiger partial charge in [0, 0.05) is 39.0 Å². The van der Waals surface area contributed by atoms with Gasteiger partial charge in [-0.05, 0) is 130 Å². The van der Waals surface area contributed by atoms with Crippen LogP contribution in [0, 0.1) is 10.8 Å². The van der Waals surface area contributed by atoms with Crippen LogP contribution in [0.1, 0.15) is 92.9 Å². The molecule has 51 heavy (non-hydrogen) atoms. The topological polar surface area (TPSA) is 133 Å². The predicted molar refractivity (Wildman–Crippen MR) is 223 cm³/mol. The highest BCUT2D eigenvalue weighted by Gasteiger charge is 2.40. The first-order valence-electron chi connectivity index (χ1n) is 18.6. The number of nitrogens with one attached hydrogen (secondary N) is 2. The molecule has 0 spiro atoms. The average molecular weight is 893 g/mol. The minimum Gasteiger partial charge on any atom is -0.455 e. The number of carbonyl (C=O) groups excluding carboxylic acids is 2. The molecule has 4 N–H and O–H groups in total. The normalized spacial score (nSPS) is 16.9. The van der Waals surface area contributed by atoms with Gasteiger partial charge in [-0.2, -0.15) is 0 Å². The van der Waals surface area contributed by atoms with Crippen LogP contribution in [0.25, 0.3) is 0 Å². The van der Waals surface area contributed by atoms with Gasteiger partial charge in [0.2, 0.25) is 11.8 Å². The maximum atomic E-state index is 12.9. The van der Waals surface area contributed by atoms with E-state index >= 15 is 0 Å². The summed E-state index contributed by atoms with van der Waals surface area (Å²) in [6, 6.07) is 1.92. The molecule has 0 aliphatic heterocycles. The van der Waals surface area contributed by atoms with E-state index in [-0.39, 0.29) is 34.9 Å². The molecule has 0 aromatic carbocycles. The molecule has 4 unspecified atom stereocenters. The third kappa shape index (κ3) is 23.6. The van der Waals surface area contributed by atoms with Crippen molar-refractivity contribution >= 4 is 60.3 Å². The predicted octanol–water partition coefficient (Wildman–Crippen LogP) is 7.97. The lowest BCUT2D eigenvalue weighted by molar-refractivity contribution is -0.287. The second-order valence-electron chi connectivity index (χ2n) is 18.5. The van der Waals surface area contributed by atoms with E-state index in [2.05, 4.69) is 106 Å². The molecular formula is C36H76Br2N4O7Si2. The molecule has 0 bridgehead atoms. The minimum atomic E-state index is -1.94. The van der Waals surface area contributed by atoms with Crippen LogP contribution < -0.4 is 10.6 Å². The van der Waals surface area contributed by atoms with E-state index in [4.69, 9.17) is 13.9 Å². The summed E-state index contributed by atoms with van der Waals surface area (Å²) in [5.74, 6) is 0.0614. The molecular weight excluding hydrogens is 816 g/mol. The summed E-state index contributed by atoms with van der Waals surface area (Å²) in [5, 5.41) is 25.3. The van der Waals surface area contributed by atoms with Crippen molar-refractivity contribution in [2.24, 2.45) is 10.8 Å². The molecule has 0 rings (SSSR count). The lowest BCUT2D eigenvalue weighted by Gasteiger charge is -2.37. The van der Waals surface area contributed by atoms with Crippen molar-refractivity contribution in [3.05, 3.63) is 0 Å². The molecule has 4 atom stereocenters. The Labute approximate surface area is 330 Å². The van der Waals surface area contributed by atoms with Crippen molar-refractivity contribution in [3.63, 3.8) is 0 Å². The highest BCUT2D eigenvalue weighted by atomic mass is 79.9. The highest BCUT2D eigenvalue weighted by Crippen LogP contribution is 2.41. The Morgan fingerprint density at radius 3 is 1.25 bits per heavy atom. The fourth-order valence-corrected chi connectivity index (χ4v) is 18.2. The third-order valence-electron chi connectivity index (χ3n) is 9.31. The van der Waals surface area contributed by atoms with E-state index in [9.17, 15) is 20.1 Å². The minimum absolute atomic E-state index is 0.0307. The van der Waals surface area contributed by atoms with Gasteiger partial charge in [-0.1, -0.05) is 59.6 Å². The number of carbonyl (C=O) groups is 2. The quantitative estimate of drug-likeness (QED) is 0.0203. The molecule has 0 aliphatic rings. The van der Waals surface area contributed by atoms with E-state index in [0.717, 1.165) is 38.0 Å². The molecule has 304 valence electrons. The zero-order valence-corrected chi connectivity index (χ0v) is 39.8. The van der Waals surface area contributed by atoms with Crippen LogP contribution in [-0.2, 0) is 23.5 Å². The molecule has 0 aliphatic carbocycles. The number of hydrogen-bond donors (Lipinski definition) is 4. The maximum Gasteiger partial charge on any atom is 0.220 e. The van der Waals surface area contributed by atoms with Crippen LogP contribution in [-0.4, -0.2) is 124 Å². The first-order chi connectivity index (χ1) is 23.1. The zero-order valence-electron chi connectivity index (χ0n) is 34.6. The van der Waals surface area contributed by atoms with Crippen LogP contribution in [0.15, 0.2) is 0 Å². The number of hydrogen-bond acceptors (Lipinski definition) is 9. The summed E-state index contributed by atoms with van der Waals surface area (Å²) in [6.07, 6.45) is 4.41. The van der Waals surface area contributed by atoms with Gasteiger partial charge in [0.1, 0.15) is 12.2 Å². The number of halogens is 2. The van der Waals surface area contributed by atoms with E-state index in [0.29, 0.717) is 51.6 Å². The zero-order chi connectivity index (χ0) is 39.9. The van der Waals surface area contributed by atoms with Crippen LogP contribution in [0.2, 0.25) is 38.3 Å². The van der Waals surface area contributed by atoms with Crippen molar-refractivity contribution in [2.45, 2.75) is 152 Å². The number of nitrogens with zero attached hydrogens (tertiary/aromatic N) is 2. The summed E-state index contributed by atoms with van der Waals surface area (Å²) >= 11 is 7.56. The van der Waals surface area contributed by atoms with E-state index in [1.54, 1.807) is 0 Å². The van der Waals surface area contributed by atoms with Gasteiger partial charge in [0.05, 0.1) is 8.65 Å². The van der Waals surface area contributed by atoms with Gasteiger partial charge >= 0.3 is 0 Å².